The first-order valence-electron chi connectivity index (χ1n) is 5.57. The van der Waals surface area contributed by atoms with Crippen molar-refractivity contribution in [2.24, 2.45) is 5.73 Å². The molecule has 0 fully saturated rings. The van der Waals surface area contributed by atoms with E-state index in [-0.39, 0.29) is 5.56 Å². The van der Waals surface area contributed by atoms with Crippen molar-refractivity contribution in [1.29, 1.82) is 0 Å². The summed E-state index contributed by atoms with van der Waals surface area (Å²) >= 11 is 0. The Morgan fingerprint density at radius 2 is 1.94 bits per heavy atom. The van der Waals surface area contributed by atoms with Gasteiger partial charge < -0.3 is 10.8 Å². The molecule has 1 aromatic carbocycles. The van der Waals surface area contributed by atoms with Crippen LogP contribution in [0.4, 0.5) is 17.6 Å². The average molecular weight is 265 g/mol. The summed E-state index contributed by atoms with van der Waals surface area (Å²) in [6.45, 7) is 1.79. The van der Waals surface area contributed by atoms with E-state index in [2.05, 4.69) is 0 Å². The summed E-state index contributed by atoms with van der Waals surface area (Å²) in [6, 6.07) is 0.861. The van der Waals surface area contributed by atoms with Gasteiger partial charge >= 0.3 is 6.18 Å². The number of rotatable bonds is 4. The van der Waals surface area contributed by atoms with Gasteiger partial charge in [-0.2, -0.15) is 13.2 Å². The Kier molecular flexibility index (Phi) is 4.70. The lowest BCUT2D eigenvalue weighted by atomic mass is 9.97. The van der Waals surface area contributed by atoms with E-state index < -0.39 is 29.7 Å². The molecule has 0 aliphatic heterocycles. The topological polar surface area (TPSA) is 46.2 Å². The van der Waals surface area contributed by atoms with Gasteiger partial charge in [0.1, 0.15) is 5.82 Å². The Labute approximate surface area is 102 Å². The lowest BCUT2D eigenvalue weighted by Crippen LogP contribution is -2.27. The molecule has 0 unspecified atom stereocenters. The number of aliphatic hydroxyl groups is 1. The van der Waals surface area contributed by atoms with Gasteiger partial charge in [-0.1, -0.05) is 13.3 Å². The maximum absolute atomic E-state index is 13.5. The van der Waals surface area contributed by atoms with E-state index in [1.54, 1.807) is 6.92 Å². The fraction of sp³-hybridized carbons (Fsp3) is 0.500. The molecule has 2 nitrogen and oxygen atoms in total. The number of benzene rings is 1. The molecular formula is C12H15F4NO. The van der Waals surface area contributed by atoms with E-state index in [4.69, 9.17) is 5.73 Å². The molecule has 18 heavy (non-hydrogen) atoms. The fourth-order valence-corrected chi connectivity index (χ4v) is 1.66. The molecule has 0 radical (unpaired) electrons. The molecule has 0 bridgehead atoms. The van der Waals surface area contributed by atoms with Crippen LogP contribution in [0.1, 0.15) is 36.9 Å². The van der Waals surface area contributed by atoms with Crippen molar-refractivity contribution in [2.75, 3.05) is 0 Å². The molecule has 0 aromatic heterocycles. The first-order valence-corrected chi connectivity index (χ1v) is 5.57. The maximum Gasteiger partial charge on any atom is 0.416 e. The monoisotopic (exact) mass is 265 g/mol. The van der Waals surface area contributed by atoms with Crippen molar-refractivity contribution in [1.82, 2.24) is 0 Å². The van der Waals surface area contributed by atoms with E-state index in [1.807, 2.05) is 0 Å². The number of hydrogen-bond donors (Lipinski definition) is 2. The van der Waals surface area contributed by atoms with Crippen LogP contribution in [-0.4, -0.2) is 11.2 Å². The second-order valence-corrected chi connectivity index (χ2v) is 4.12. The second kappa shape index (κ2) is 5.67. The number of hydrogen-bond acceptors (Lipinski definition) is 2. The summed E-state index contributed by atoms with van der Waals surface area (Å²) in [5, 5.41) is 9.62. The van der Waals surface area contributed by atoms with Crippen molar-refractivity contribution in [3.63, 3.8) is 0 Å². The highest BCUT2D eigenvalue weighted by atomic mass is 19.4. The summed E-state index contributed by atoms with van der Waals surface area (Å²) in [5.41, 5.74) is 4.29. The highest BCUT2D eigenvalue weighted by molar-refractivity contribution is 5.30. The summed E-state index contributed by atoms with van der Waals surface area (Å²) in [4.78, 5) is 0. The van der Waals surface area contributed by atoms with Crippen molar-refractivity contribution in [3.05, 3.63) is 35.1 Å². The molecule has 0 heterocycles. The molecule has 0 spiro atoms. The van der Waals surface area contributed by atoms with E-state index >= 15 is 0 Å². The van der Waals surface area contributed by atoms with Crippen LogP contribution in [0.15, 0.2) is 18.2 Å². The Bertz CT molecular complexity index is 406. The third kappa shape index (κ3) is 3.43. The predicted octanol–water partition coefficient (Wildman–Crippen LogP) is 3.01. The molecule has 0 saturated carbocycles. The van der Waals surface area contributed by atoms with Crippen molar-refractivity contribution in [2.45, 2.75) is 38.1 Å². The van der Waals surface area contributed by atoms with E-state index in [0.29, 0.717) is 25.0 Å². The summed E-state index contributed by atoms with van der Waals surface area (Å²) < 4.78 is 50.9. The quantitative estimate of drug-likeness (QED) is 0.822. The van der Waals surface area contributed by atoms with E-state index in [0.717, 1.165) is 6.07 Å². The molecule has 3 N–H and O–H groups in total. The fourth-order valence-electron chi connectivity index (χ4n) is 1.66. The standard InChI is InChI=1S/C12H15F4NO/c1-2-3-10(18)11(17)8-6-7(12(14,15)16)4-5-9(8)13/h4-6,10-11,18H,2-3,17H2,1H3/t10-,11+/m1/s1. The third-order valence-electron chi connectivity index (χ3n) is 2.68. The summed E-state index contributed by atoms with van der Waals surface area (Å²) in [6.07, 6.45) is -4.71. The van der Waals surface area contributed by atoms with Crippen LogP contribution in [0, 0.1) is 5.82 Å². The summed E-state index contributed by atoms with van der Waals surface area (Å²) in [7, 11) is 0. The van der Waals surface area contributed by atoms with Gasteiger partial charge in [0, 0.05) is 5.56 Å². The van der Waals surface area contributed by atoms with Crippen LogP contribution >= 0.6 is 0 Å². The maximum atomic E-state index is 13.5. The van der Waals surface area contributed by atoms with Gasteiger partial charge in [0.15, 0.2) is 0 Å². The molecule has 0 aliphatic carbocycles. The molecule has 6 heteroatoms. The first kappa shape index (κ1) is 14.9. The highest BCUT2D eigenvalue weighted by Crippen LogP contribution is 2.32. The number of alkyl halides is 3. The van der Waals surface area contributed by atoms with Crippen molar-refractivity contribution < 1.29 is 22.7 Å². The Hall–Kier alpha value is -1.14. The number of aliphatic hydroxyl groups excluding tert-OH is 1. The second-order valence-electron chi connectivity index (χ2n) is 4.12. The minimum atomic E-state index is -4.56. The molecule has 1 rings (SSSR count). The SMILES string of the molecule is CCC[C@@H](O)[C@@H](N)c1cc(C(F)(F)F)ccc1F. The van der Waals surface area contributed by atoms with Crippen molar-refractivity contribution >= 4 is 0 Å². The highest BCUT2D eigenvalue weighted by Gasteiger charge is 2.32. The van der Waals surface area contributed by atoms with Gasteiger partial charge in [0.05, 0.1) is 17.7 Å². The molecule has 2 atom stereocenters. The van der Waals surface area contributed by atoms with Crippen LogP contribution in [0.3, 0.4) is 0 Å². The Morgan fingerprint density at radius 1 is 1.33 bits per heavy atom. The molecule has 1 aromatic rings. The van der Waals surface area contributed by atoms with Gasteiger partial charge in [-0.15, -0.1) is 0 Å². The Balaban J connectivity index is 3.08. The van der Waals surface area contributed by atoms with Gasteiger partial charge in [-0.05, 0) is 24.6 Å². The van der Waals surface area contributed by atoms with Crippen molar-refractivity contribution in [3.8, 4) is 0 Å². The first-order chi connectivity index (χ1) is 8.27. The predicted molar refractivity (Wildman–Crippen MR) is 59.2 cm³/mol. The van der Waals surface area contributed by atoms with Crippen LogP contribution in [0.5, 0.6) is 0 Å². The smallest absolute Gasteiger partial charge is 0.391 e. The van der Waals surface area contributed by atoms with Crippen LogP contribution < -0.4 is 5.73 Å². The minimum Gasteiger partial charge on any atom is -0.391 e. The lowest BCUT2D eigenvalue weighted by Gasteiger charge is -2.20. The largest absolute Gasteiger partial charge is 0.416 e. The van der Waals surface area contributed by atoms with Gasteiger partial charge in [0.25, 0.3) is 0 Å². The van der Waals surface area contributed by atoms with Crippen LogP contribution in [0.2, 0.25) is 0 Å². The molecule has 0 amide bonds. The number of halogens is 4. The number of nitrogens with two attached hydrogens (primary N) is 1. The normalized spacial score (nSPS) is 15.5. The van der Waals surface area contributed by atoms with Gasteiger partial charge in [0.2, 0.25) is 0 Å². The molecule has 0 aliphatic rings. The van der Waals surface area contributed by atoms with Gasteiger partial charge in [-0.3, -0.25) is 0 Å². The Morgan fingerprint density at radius 3 is 2.44 bits per heavy atom. The zero-order valence-electron chi connectivity index (χ0n) is 9.84. The average Bonchev–Trinajstić information content (AvgIpc) is 2.27. The molecular weight excluding hydrogens is 250 g/mol. The lowest BCUT2D eigenvalue weighted by molar-refractivity contribution is -0.137. The van der Waals surface area contributed by atoms with E-state index in [9.17, 15) is 22.7 Å². The van der Waals surface area contributed by atoms with Crippen LogP contribution in [0.25, 0.3) is 0 Å². The van der Waals surface area contributed by atoms with Gasteiger partial charge in [-0.25, -0.2) is 4.39 Å². The van der Waals surface area contributed by atoms with E-state index in [1.165, 1.54) is 0 Å². The third-order valence-corrected chi connectivity index (χ3v) is 2.68. The zero-order chi connectivity index (χ0) is 13.9. The zero-order valence-corrected chi connectivity index (χ0v) is 9.84. The molecule has 102 valence electrons. The van der Waals surface area contributed by atoms with Crippen LogP contribution in [-0.2, 0) is 6.18 Å². The summed E-state index contributed by atoms with van der Waals surface area (Å²) in [5.74, 6) is -0.842. The molecule has 0 saturated heterocycles. The minimum absolute atomic E-state index is 0.302.